The smallest absolute Gasteiger partial charge is 0.318 e. The molecular formula is C20H16FN3O3S. The van der Waals surface area contributed by atoms with Gasteiger partial charge < -0.3 is 9.72 Å². The van der Waals surface area contributed by atoms with Crippen LogP contribution >= 0.6 is 11.8 Å². The summed E-state index contributed by atoms with van der Waals surface area (Å²) >= 11 is 1.04. The number of rotatable bonds is 4. The molecule has 1 unspecified atom stereocenters. The lowest BCUT2D eigenvalue weighted by molar-refractivity contribution is -0.139. The molecule has 1 N–H and O–H groups in total. The Morgan fingerprint density at radius 2 is 1.93 bits per heavy atom. The fourth-order valence-corrected chi connectivity index (χ4v) is 3.98. The van der Waals surface area contributed by atoms with Crippen LogP contribution in [-0.4, -0.2) is 32.9 Å². The third kappa shape index (κ3) is 2.95. The van der Waals surface area contributed by atoms with Gasteiger partial charge in [0, 0.05) is 10.9 Å². The first-order chi connectivity index (χ1) is 13.5. The van der Waals surface area contributed by atoms with Crippen LogP contribution in [0.1, 0.15) is 6.92 Å². The molecule has 4 aromatic rings. The van der Waals surface area contributed by atoms with Crippen molar-refractivity contribution in [3.05, 3.63) is 64.7 Å². The van der Waals surface area contributed by atoms with E-state index < -0.39 is 22.6 Å². The molecule has 2 heterocycles. The molecule has 0 aliphatic heterocycles. The number of carbonyl (C=O) groups is 1. The molecule has 0 bridgehead atoms. The van der Waals surface area contributed by atoms with Gasteiger partial charge in [0.25, 0.3) is 5.56 Å². The van der Waals surface area contributed by atoms with Crippen LogP contribution < -0.4 is 5.56 Å². The highest BCUT2D eigenvalue weighted by Crippen LogP contribution is 2.29. The highest BCUT2D eigenvalue weighted by molar-refractivity contribution is 8.00. The quantitative estimate of drug-likeness (QED) is 0.323. The van der Waals surface area contributed by atoms with Gasteiger partial charge in [0.1, 0.15) is 22.1 Å². The van der Waals surface area contributed by atoms with E-state index in [1.807, 2.05) is 24.3 Å². The van der Waals surface area contributed by atoms with E-state index in [2.05, 4.69) is 9.97 Å². The van der Waals surface area contributed by atoms with Crippen molar-refractivity contribution < 1.29 is 13.9 Å². The van der Waals surface area contributed by atoms with Gasteiger partial charge in [-0.15, -0.1) is 0 Å². The largest absolute Gasteiger partial charge is 0.468 e. The number of nitrogens with zero attached hydrogens (tertiary/aromatic N) is 2. The van der Waals surface area contributed by atoms with Crippen LogP contribution in [0.3, 0.4) is 0 Å². The van der Waals surface area contributed by atoms with E-state index in [4.69, 9.17) is 4.74 Å². The van der Waals surface area contributed by atoms with E-state index in [9.17, 15) is 14.0 Å². The number of halogens is 1. The summed E-state index contributed by atoms with van der Waals surface area (Å²) < 4.78 is 20.5. The van der Waals surface area contributed by atoms with E-state index >= 15 is 0 Å². The number of carbonyl (C=O) groups excluding carboxylic acids is 1. The maximum atomic E-state index is 14.5. The fourth-order valence-electron chi connectivity index (χ4n) is 3.04. The molecule has 0 aliphatic carbocycles. The molecule has 8 heteroatoms. The highest BCUT2D eigenvalue weighted by Gasteiger charge is 2.23. The number of hydrogen-bond donors (Lipinski definition) is 1. The van der Waals surface area contributed by atoms with Crippen LogP contribution in [0.25, 0.3) is 27.6 Å². The lowest BCUT2D eigenvalue weighted by Gasteiger charge is -2.15. The van der Waals surface area contributed by atoms with Gasteiger partial charge >= 0.3 is 5.97 Å². The zero-order chi connectivity index (χ0) is 19.8. The van der Waals surface area contributed by atoms with Gasteiger partial charge in [0.15, 0.2) is 5.16 Å². The number of nitrogens with one attached hydrogen (secondary N) is 1. The lowest BCUT2D eigenvalue weighted by Crippen LogP contribution is -2.24. The molecule has 0 spiro atoms. The number of para-hydroxylation sites is 2. The van der Waals surface area contributed by atoms with Crippen LogP contribution in [0.4, 0.5) is 4.39 Å². The summed E-state index contributed by atoms with van der Waals surface area (Å²) in [5.74, 6) is -1.02. The number of thioether (sulfide) groups is 1. The van der Waals surface area contributed by atoms with E-state index in [-0.39, 0.29) is 16.4 Å². The Bertz CT molecular complexity index is 1260. The lowest BCUT2D eigenvalue weighted by atomic mass is 10.2. The molecule has 0 fully saturated rings. The van der Waals surface area contributed by atoms with Crippen LogP contribution in [-0.2, 0) is 9.53 Å². The predicted octanol–water partition coefficient (Wildman–Crippen LogP) is 3.66. The predicted molar refractivity (Wildman–Crippen MR) is 106 cm³/mol. The van der Waals surface area contributed by atoms with Gasteiger partial charge in [0.05, 0.1) is 12.8 Å². The molecule has 28 heavy (non-hydrogen) atoms. The number of fused-ring (bicyclic) bond motifs is 3. The second-order valence-corrected chi connectivity index (χ2v) is 7.47. The average Bonchev–Trinajstić information content (AvgIpc) is 3.07. The van der Waals surface area contributed by atoms with Gasteiger partial charge in [0.2, 0.25) is 0 Å². The topological polar surface area (TPSA) is 77.0 Å². The molecule has 0 aliphatic rings. The summed E-state index contributed by atoms with van der Waals surface area (Å²) in [7, 11) is 1.29. The number of hydrogen-bond acceptors (Lipinski definition) is 5. The van der Waals surface area contributed by atoms with Crippen molar-refractivity contribution in [2.75, 3.05) is 7.11 Å². The highest BCUT2D eigenvalue weighted by atomic mass is 32.2. The first kappa shape index (κ1) is 18.2. The number of esters is 1. The minimum atomic E-state index is -0.627. The zero-order valence-electron chi connectivity index (χ0n) is 15.1. The second kappa shape index (κ2) is 7.12. The molecule has 0 saturated heterocycles. The Labute approximate surface area is 163 Å². The third-order valence-electron chi connectivity index (χ3n) is 4.40. The minimum absolute atomic E-state index is 0.0696. The van der Waals surface area contributed by atoms with Crippen LogP contribution in [0.5, 0.6) is 0 Å². The summed E-state index contributed by atoms with van der Waals surface area (Å²) in [5.41, 5.74) is 1.14. The van der Waals surface area contributed by atoms with Gasteiger partial charge in [-0.1, -0.05) is 42.1 Å². The monoisotopic (exact) mass is 397 g/mol. The molecule has 0 radical (unpaired) electrons. The summed E-state index contributed by atoms with van der Waals surface area (Å²) in [6.45, 7) is 1.65. The van der Waals surface area contributed by atoms with Crippen molar-refractivity contribution in [1.29, 1.82) is 0 Å². The normalized spacial score (nSPS) is 12.4. The van der Waals surface area contributed by atoms with Gasteiger partial charge in [-0.3, -0.25) is 14.2 Å². The molecule has 0 saturated carbocycles. The first-order valence-corrected chi connectivity index (χ1v) is 9.42. The van der Waals surface area contributed by atoms with Crippen molar-refractivity contribution >= 4 is 39.7 Å². The Balaban J connectivity index is 2.04. The molecule has 142 valence electrons. The number of H-pyrrole nitrogens is 1. The van der Waals surface area contributed by atoms with Crippen LogP contribution in [0, 0.1) is 5.82 Å². The maximum Gasteiger partial charge on any atom is 0.318 e. The van der Waals surface area contributed by atoms with Crippen molar-refractivity contribution in [2.24, 2.45) is 0 Å². The molecule has 1 atom stereocenters. The van der Waals surface area contributed by atoms with E-state index in [1.165, 1.54) is 23.8 Å². The minimum Gasteiger partial charge on any atom is -0.468 e. The van der Waals surface area contributed by atoms with Crippen molar-refractivity contribution in [3.63, 3.8) is 0 Å². The Hall–Kier alpha value is -3.13. The molecule has 2 aromatic heterocycles. The van der Waals surface area contributed by atoms with E-state index in [1.54, 1.807) is 19.1 Å². The molecule has 4 rings (SSSR count). The van der Waals surface area contributed by atoms with E-state index in [0.717, 1.165) is 22.7 Å². The summed E-state index contributed by atoms with van der Waals surface area (Å²) in [4.78, 5) is 32.9. The fraction of sp³-hybridized carbons (Fsp3) is 0.150. The number of aromatic nitrogens is 3. The van der Waals surface area contributed by atoms with Crippen molar-refractivity contribution in [1.82, 2.24) is 14.5 Å². The standard InChI is InChI=1S/C20H16FN3O3S/c1-11(19(26)27-2)28-20-23-16-12-7-3-5-9-14(12)22-17(16)18(25)24(20)15-10-6-4-8-13(15)21/h3-11,22H,1-2H3. The summed E-state index contributed by atoms with van der Waals surface area (Å²) in [6, 6.07) is 13.3. The average molecular weight is 397 g/mol. The molecule has 6 nitrogen and oxygen atoms in total. The van der Waals surface area contributed by atoms with Gasteiger partial charge in [-0.25, -0.2) is 9.37 Å². The number of ether oxygens (including phenoxy) is 1. The zero-order valence-corrected chi connectivity index (χ0v) is 15.9. The van der Waals surface area contributed by atoms with Crippen molar-refractivity contribution in [2.45, 2.75) is 17.3 Å². The Morgan fingerprint density at radius 1 is 1.21 bits per heavy atom. The van der Waals surface area contributed by atoms with Crippen LogP contribution in [0.15, 0.2) is 58.5 Å². The van der Waals surface area contributed by atoms with Gasteiger partial charge in [-0.2, -0.15) is 0 Å². The van der Waals surface area contributed by atoms with Crippen molar-refractivity contribution in [3.8, 4) is 5.69 Å². The molecular weight excluding hydrogens is 381 g/mol. The summed E-state index contributed by atoms with van der Waals surface area (Å²) in [5, 5.41) is 0.366. The summed E-state index contributed by atoms with van der Waals surface area (Å²) in [6.07, 6.45) is 0. The number of aromatic amines is 1. The maximum absolute atomic E-state index is 14.5. The number of methoxy groups -OCH3 is 1. The molecule has 0 amide bonds. The Morgan fingerprint density at radius 3 is 2.68 bits per heavy atom. The first-order valence-electron chi connectivity index (χ1n) is 8.54. The number of benzene rings is 2. The second-order valence-electron chi connectivity index (χ2n) is 6.16. The third-order valence-corrected chi connectivity index (χ3v) is 5.43. The van der Waals surface area contributed by atoms with E-state index in [0.29, 0.717) is 5.52 Å². The SMILES string of the molecule is COC(=O)C(C)Sc1nc2c([nH]c3ccccc32)c(=O)n1-c1ccccc1F. The van der Waals surface area contributed by atoms with Gasteiger partial charge in [-0.05, 0) is 25.1 Å². The Kier molecular flexibility index (Phi) is 4.64. The molecule has 2 aromatic carbocycles. The van der Waals surface area contributed by atoms with Crippen LogP contribution in [0.2, 0.25) is 0 Å².